The maximum atomic E-state index is 13.8. The molecule has 2 aromatic rings. The Kier molecular flexibility index (Phi) is 13.2. The van der Waals surface area contributed by atoms with E-state index < -0.39 is 0 Å². The van der Waals surface area contributed by atoms with E-state index in [0.29, 0.717) is 56.5 Å². The molecule has 226 valence electrons. The van der Waals surface area contributed by atoms with Crippen molar-refractivity contribution in [1.29, 1.82) is 0 Å². The number of benzene rings is 2. The van der Waals surface area contributed by atoms with Gasteiger partial charge in [-0.2, -0.15) is 0 Å². The number of carbonyl (C=O) groups excluding carboxylic acids is 2. The Morgan fingerprint density at radius 2 is 1.80 bits per heavy atom. The van der Waals surface area contributed by atoms with Crippen molar-refractivity contribution in [2.45, 2.75) is 52.1 Å². The number of piperidine rings is 1. The van der Waals surface area contributed by atoms with Gasteiger partial charge in [0.15, 0.2) is 11.5 Å². The third-order valence-electron chi connectivity index (χ3n) is 7.36. The van der Waals surface area contributed by atoms with E-state index in [-0.39, 0.29) is 30.0 Å². The highest BCUT2D eigenvalue weighted by Crippen LogP contribution is 2.30. The average Bonchev–Trinajstić information content (AvgIpc) is 2.99. The van der Waals surface area contributed by atoms with E-state index in [1.807, 2.05) is 43.9 Å². The number of nitrogens with one attached hydrogen (secondary N) is 1. The highest BCUT2D eigenvalue weighted by Gasteiger charge is 2.33. The first-order chi connectivity index (χ1) is 19.9. The SMILES string of the molecule is CCN(CCc1ccccc1)C(=O)OCC1CNCC(N(C(=O)c2ccc(OC)c(OCCCOC)c2)C(C)C)C1. The van der Waals surface area contributed by atoms with Crippen LogP contribution < -0.4 is 14.8 Å². The summed E-state index contributed by atoms with van der Waals surface area (Å²) in [5.74, 6) is 1.17. The number of nitrogens with zero attached hydrogens (tertiary/aromatic N) is 2. The van der Waals surface area contributed by atoms with Crippen LogP contribution in [0, 0.1) is 5.92 Å². The van der Waals surface area contributed by atoms with E-state index in [2.05, 4.69) is 17.4 Å². The second-order valence-electron chi connectivity index (χ2n) is 10.7. The molecule has 2 atom stereocenters. The third kappa shape index (κ3) is 9.64. The molecule has 0 aliphatic carbocycles. The summed E-state index contributed by atoms with van der Waals surface area (Å²) in [7, 11) is 3.24. The Morgan fingerprint density at radius 3 is 2.49 bits per heavy atom. The third-order valence-corrected chi connectivity index (χ3v) is 7.36. The van der Waals surface area contributed by atoms with Gasteiger partial charge in [0.2, 0.25) is 0 Å². The summed E-state index contributed by atoms with van der Waals surface area (Å²) < 4.78 is 22.2. The molecule has 2 aromatic carbocycles. The molecule has 0 radical (unpaired) electrons. The predicted octanol–water partition coefficient (Wildman–Crippen LogP) is 4.64. The summed E-state index contributed by atoms with van der Waals surface area (Å²) in [6.07, 6.45) is 1.97. The van der Waals surface area contributed by atoms with Crippen LogP contribution in [0.2, 0.25) is 0 Å². The summed E-state index contributed by atoms with van der Waals surface area (Å²) >= 11 is 0. The minimum Gasteiger partial charge on any atom is -0.493 e. The van der Waals surface area contributed by atoms with Crippen molar-refractivity contribution in [3.63, 3.8) is 0 Å². The van der Waals surface area contributed by atoms with Crippen LogP contribution in [0.5, 0.6) is 11.5 Å². The Morgan fingerprint density at radius 1 is 1.02 bits per heavy atom. The predicted molar refractivity (Wildman–Crippen MR) is 160 cm³/mol. The first kappa shape index (κ1) is 32.2. The van der Waals surface area contributed by atoms with E-state index in [9.17, 15) is 9.59 Å². The smallest absolute Gasteiger partial charge is 0.409 e. The molecule has 9 heteroatoms. The monoisotopic (exact) mass is 569 g/mol. The molecular weight excluding hydrogens is 522 g/mol. The number of carbonyl (C=O) groups is 2. The van der Waals surface area contributed by atoms with Gasteiger partial charge in [-0.3, -0.25) is 4.79 Å². The van der Waals surface area contributed by atoms with Crippen molar-refractivity contribution in [3.8, 4) is 11.5 Å². The lowest BCUT2D eigenvalue weighted by molar-refractivity contribution is 0.0442. The van der Waals surface area contributed by atoms with Crippen molar-refractivity contribution in [3.05, 3.63) is 59.7 Å². The normalized spacial score (nSPS) is 16.7. The quantitative estimate of drug-likeness (QED) is 0.313. The standard InChI is InChI=1S/C32H47N3O6/c1-6-34(16-15-25-11-8-7-9-12-25)32(37)41-23-26-19-28(22-33-21-26)35(24(2)3)31(36)27-13-14-29(39-5)30(20-27)40-18-10-17-38-4/h7-9,11-14,20,24,26,28,33H,6,10,15-19,21-23H2,1-5H3. The van der Waals surface area contributed by atoms with E-state index in [4.69, 9.17) is 18.9 Å². The van der Waals surface area contributed by atoms with Crippen LogP contribution in [0.4, 0.5) is 4.79 Å². The van der Waals surface area contributed by atoms with Gasteiger partial charge in [0.1, 0.15) is 0 Å². The first-order valence-corrected chi connectivity index (χ1v) is 14.7. The van der Waals surface area contributed by atoms with E-state index >= 15 is 0 Å². The van der Waals surface area contributed by atoms with Crippen LogP contribution in [-0.2, 0) is 15.9 Å². The Bertz CT molecular complexity index is 1080. The zero-order chi connectivity index (χ0) is 29.6. The molecule has 0 saturated carbocycles. The molecule has 3 rings (SSSR count). The molecule has 1 saturated heterocycles. The molecule has 41 heavy (non-hydrogen) atoms. The van der Waals surface area contributed by atoms with Crippen molar-refractivity contribution < 1.29 is 28.5 Å². The van der Waals surface area contributed by atoms with Gasteiger partial charge in [0.05, 0.1) is 20.3 Å². The lowest BCUT2D eigenvalue weighted by Gasteiger charge is -2.40. The largest absolute Gasteiger partial charge is 0.493 e. The van der Waals surface area contributed by atoms with Crippen LogP contribution in [0.15, 0.2) is 48.5 Å². The van der Waals surface area contributed by atoms with Gasteiger partial charge in [0.25, 0.3) is 5.91 Å². The van der Waals surface area contributed by atoms with E-state index in [1.165, 1.54) is 5.56 Å². The van der Waals surface area contributed by atoms with E-state index in [0.717, 1.165) is 25.8 Å². The molecule has 1 heterocycles. The number of amides is 2. The van der Waals surface area contributed by atoms with Gasteiger partial charge in [-0.15, -0.1) is 0 Å². The number of rotatable bonds is 15. The number of hydrogen-bond donors (Lipinski definition) is 1. The molecular formula is C32H47N3O6. The average molecular weight is 570 g/mol. The zero-order valence-electron chi connectivity index (χ0n) is 25.3. The maximum Gasteiger partial charge on any atom is 0.409 e. The Balaban J connectivity index is 1.60. The van der Waals surface area contributed by atoms with Gasteiger partial charge in [-0.05, 0) is 57.4 Å². The highest BCUT2D eigenvalue weighted by molar-refractivity contribution is 5.95. The molecule has 1 aliphatic rings. The second-order valence-corrected chi connectivity index (χ2v) is 10.7. The minimum absolute atomic E-state index is 0.0163. The van der Waals surface area contributed by atoms with Gasteiger partial charge >= 0.3 is 6.09 Å². The summed E-state index contributed by atoms with van der Waals surface area (Å²) in [6, 6.07) is 15.4. The van der Waals surface area contributed by atoms with Gasteiger partial charge in [-0.1, -0.05) is 30.3 Å². The first-order valence-electron chi connectivity index (χ1n) is 14.7. The molecule has 9 nitrogen and oxygen atoms in total. The summed E-state index contributed by atoms with van der Waals surface area (Å²) in [6.45, 7) is 10.0. The van der Waals surface area contributed by atoms with Crippen molar-refractivity contribution in [2.24, 2.45) is 5.92 Å². The molecule has 0 aromatic heterocycles. The van der Waals surface area contributed by atoms with E-state index in [1.54, 1.807) is 37.3 Å². The van der Waals surface area contributed by atoms with Crippen LogP contribution in [0.1, 0.15) is 49.5 Å². The lowest BCUT2D eigenvalue weighted by atomic mass is 9.94. The van der Waals surface area contributed by atoms with Gasteiger partial charge < -0.3 is 34.1 Å². The molecule has 0 spiro atoms. The fraction of sp³-hybridized carbons (Fsp3) is 0.562. The van der Waals surface area contributed by atoms with Crippen molar-refractivity contribution in [1.82, 2.24) is 15.1 Å². The van der Waals surface area contributed by atoms with Crippen molar-refractivity contribution >= 4 is 12.0 Å². The minimum atomic E-state index is -0.293. The molecule has 0 bridgehead atoms. The molecule has 2 amide bonds. The molecule has 1 aliphatic heterocycles. The van der Waals surface area contributed by atoms with Crippen LogP contribution >= 0.6 is 0 Å². The number of likely N-dealkylation sites (N-methyl/N-ethyl adjacent to an activating group) is 1. The molecule has 2 unspecified atom stereocenters. The second kappa shape index (κ2) is 16.8. The van der Waals surface area contributed by atoms with Crippen LogP contribution in [0.25, 0.3) is 0 Å². The molecule has 1 N–H and O–H groups in total. The Labute approximate surface area is 245 Å². The van der Waals surface area contributed by atoms with Crippen LogP contribution in [0.3, 0.4) is 0 Å². The van der Waals surface area contributed by atoms with Crippen molar-refractivity contribution in [2.75, 3.05) is 60.2 Å². The summed E-state index contributed by atoms with van der Waals surface area (Å²) in [4.78, 5) is 30.3. The number of hydrogen-bond acceptors (Lipinski definition) is 7. The molecule has 1 fully saturated rings. The summed E-state index contributed by atoms with van der Waals surface area (Å²) in [5, 5.41) is 3.45. The van der Waals surface area contributed by atoms with Gasteiger partial charge in [0, 0.05) is 69.9 Å². The number of methoxy groups -OCH3 is 2. The topological polar surface area (TPSA) is 89.6 Å². The van der Waals surface area contributed by atoms with Gasteiger partial charge in [-0.25, -0.2) is 4.79 Å². The highest BCUT2D eigenvalue weighted by atomic mass is 16.6. The maximum absolute atomic E-state index is 13.8. The zero-order valence-corrected chi connectivity index (χ0v) is 25.3. The summed E-state index contributed by atoms with van der Waals surface area (Å²) in [5.41, 5.74) is 1.74. The lowest BCUT2D eigenvalue weighted by Crippen LogP contribution is -2.54. The van der Waals surface area contributed by atoms with Crippen LogP contribution in [-0.4, -0.2) is 94.1 Å². The fourth-order valence-corrected chi connectivity index (χ4v) is 5.19. The fourth-order valence-electron chi connectivity index (χ4n) is 5.19. The Hall–Kier alpha value is -3.30. The number of ether oxygens (including phenoxy) is 4.